The molecule has 0 saturated heterocycles. The standard InChI is InChI=1S/C19H26N2O2/c1-4-5-10-20-18(22)9-7-15-12-16-11-14(13(2)3)6-8-17(16)21-19(15)23/h6,8,11-13H,4-5,7,9-10H2,1-3H3,(H,20,22)(H,21,23). The van der Waals surface area contributed by atoms with Crippen LogP contribution >= 0.6 is 0 Å². The van der Waals surface area contributed by atoms with Gasteiger partial charge in [0.15, 0.2) is 0 Å². The van der Waals surface area contributed by atoms with Gasteiger partial charge in [-0.05, 0) is 47.9 Å². The first-order valence-corrected chi connectivity index (χ1v) is 8.43. The van der Waals surface area contributed by atoms with Crippen molar-refractivity contribution in [1.29, 1.82) is 0 Å². The van der Waals surface area contributed by atoms with Gasteiger partial charge >= 0.3 is 0 Å². The van der Waals surface area contributed by atoms with Crippen LogP contribution in [0, 0.1) is 0 Å². The molecule has 0 fully saturated rings. The number of H-pyrrole nitrogens is 1. The number of carbonyl (C=O) groups excluding carboxylic acids is 1. The Balaban J connectivity index is 2.12. The number of aryl methyl sites for hydroxylation is 1. The second-order valence-electron chi connectivity index (χ2n) is 6.33. The summed E-state index contributed by atoms with van der Waals surface area (Å²) in [6, 6.07) is 8.03. The van der Waals surface area contributed by atoms with E-state index in [1.54, 1.807) is 0 Å². The highest BCUT2D eigenvalue weighted by atomic mass is 16.1. The van der Waals surface area contributed by atoms with Gasteiger partial charge in [-0.25, -0.2) is 0 Å². The van der Waals surface area contributed by atoms with E-state index in [1.165, 1.54) is 5.56 Å². The predicted octanol–water partition coefficient (Wildman–Crippen LogP) is 3.50. The zero-order valence-corrected chi connectivity index (χ0v) is 14.2. The highest BCUT2D eigenvalue weighted by Gasteiger charge is 2.08. The monoisotopic (exact) mass is 314 g/mol. The molecule has 1 aromatic carbocycles. The molecule has 124 valence electrons. The van der Waals surface area contributed by atoms with E-state index >= 15 is 0 Å². The molecule has 1 aromatic heterocycles. The minimum Gasteiger partial charge on any atom is -0.356 e. The molecular formula is C19H26N2O2. The van der Waals surface area contributed by atoms with E-state index in [0.29, 0.717) is 30.9 Å². The first-order valence-electron chi connectivity index (χ1n) is 8.43. The van der Waals surface area contributed by atoms with E-state index in [0.717, 1.165) is 23.7 Å². The van der Waals surface area contributed by atoms with Crippen LogP contribution in [-0.4, -0.2) is 17.4 Å². The molecule has 1 heterocycles. The van der Waals surface area contributed by atoms with Crippen LogP contribution in [0.15, 0.2) is 29.1 Å². The number of benzene rings is 1. The van der Waals surface area contributed by atoms with Crippen molar-refractivity contribution >= 4 is 16.8 Å². The Morgan fingerprint density at radius 2 is 2.04 bits per heavy atom. The van der Waals surface area contributed by atoms with Gasteiger partial charge in [0.2, 0.25) is 5.91 Å². The second-order valence-corrected chi connectivity index (χ2v) is 6.33. The van der Waals surface area contributed by atoms with Crippen molar-refractivity contribution in [2.45, 2.75) is 52.4 Å². The molecule has 0 unspecified atom stereocenters. The Bertz CT molecular complexity index is 732. The van der Waals surface area contributed by atoms with Crippen molar-refractivity contribution < 1.29 is 4.79 Å². The molecule has 4 nitrogen and oxygen atoms in total. The van der Waals surface area contributed by atoms with Crippen LogP contribution in [0.3, 0.4) is 0 Å². The van der Waals surface area contributed by atoms with Crippen LogP contribution < -0.4 is 10.9 Å². The van der Waals surface area contributed by atoms with Crippen LogP contribution in [0.4, 0.5) is 0 Å². The fraction of sp³-hybridized carbons (Fsp3) is 0.474. The number of hydrogen-bond donors (Lipinski definition) is 2. The van der Waals surface area contributed by atoms with E-state index in [9.17, 15) is 9.59 Å². The molecule has 23 heavy (non-hydrogen) atoms. The summed E-state index contributed by atoms with van der Waals surface area (Å²) in [6.45, 7) is 7.09. The number of pyridine rings is 1. The number of hydrogen-bond acceptors (Lipinski definition) is 2. The summed E-state index contributed by atoms with van der Waals surface area (Å²) in [6.07, 6.45) is 2.86. The largest absolute Gasteiger partial charge is 0.356 e. The Hall–Kier alpha value is -2.10. The Labute approximate surface area is 137 Å². The van der Waals surface area contributed by atoms with Crippen LogP contribution in [0.5, 0.6) is 0 Å². The van der Waals surface area contributed by atoms with E-state index < -0.39 is 0 Å². The number of aromatic nitrogens is 1. The van der Waals surface area contributed by atoms with E-state index in [4.69, 9.17) is 0 Å². The highest BCUT2D eigenvalue weighted by molar-refractivity contribution is 5.80. The van der Waals surface area contributed by atoms with Gasteiger partial charge in [0.25, 0.3) is 5.56 Å². The number of rotatable bonds is 7. The van der Waals surface area contributed by atoms with Crippen LogP contribution in [0.2, 0.25) is 0 Å². The van der Waals surface area contributed by atoms with Crippen molar-refractivity contribution in [3.05, 3.63) is 45.7 Å². The lowest BCUT2D eigenvalue weighted by atomic mass is 10.00. The summed E-state index contributed by atoms with van der Waals surface area (Å²) in [5, 5.41) is 3.91. The predicted molar refractivity (Wildman–Crippen MR) is 94.9 cm³/mol. The van der Waals surface area contributed by atoms with Gasteiger partial charge in [-0.3, -0.25) is 9.59 Å². The third-order valence-corrected chi connectivity index (χ3v) is 4.09. The smallest absolute Gasteiger partial charge is 0.251 e. The maximum atomic E-state index is 12.1. The van der Waals surface area contributed by atoms with E-state index in [2.05, 4.69) is 37.1 Å². The molecule has 0 spiro atoms. The Morgan fingerprint density at radius 1 is 1.26 bits per heavy atom. The Morgan fingerprint density at radius 3 is 2.74 bits per heavy atom. The molecule has 0 saturated carbocycles. The van der Waals surface area contributed by atoms with Crippen molar-refractivity contribution in [2.24, 2.45) is 0 Å². The molecule has 0 bridgehead atoms. The number of fused-ring (bicyclic) bond motifs is 1. The average molecular weight is 314 g/mol. The van der Waals surface area contributed by atoms with E-state index in [-0.39, 0.29) is 11.5 Å². The highest BCUT2D eigenvalue weighted by Crippen LogP contribution is 2.20. The zero-order valence-electron chi connectivity index (χ0n) is 14.2. The molecule has 4 heteroatoms. The first kappa shape index (κ1) is 17.3. The van der Waals surface area contributed by atoms with Crippen LogP contribution in [-0.2, 0) is 11.2 Å². The molecule has 1 amide bonds. The number of unbranched alkanes of at least 4 members (excludes halogenated alkanes) is 1. The summed E-state index contributed by atoms with van der Waals surface area (Å²) < 4.78 is 0. The number of amides is 1. The second kappa shape index (κ2) is 7.95. The van der Waals surface area contributed by atoms with Crippen molar-refractivity contribution in [1.82, 2.24) is 10.3 Å². The molecule has 2 rings (SSSR count). The van der Waals surface area contributed by atoms with E-state index in [1.807, 2.05) is 18.2 Å². The lowest BCUT2D eigenvalue weighted by molar-refractivity contribution is -0.121. The fourth-order valence-electron chi connectivity index (χ4n) is 2.56. The maximum Gasteiger partial charge on any atom is 0.251 e. The summed E-state index contributed by atoms with van der Waals surface area (Å²) in [4.78, 5) is 26.8. The third-order valence-electron chi connectivity index (χ3n) is 4.09. The Kier molecular flexibility index (Phi) is 5.97. The normalized spacial score (nSPS) is 11.1. The topological polar surface area (TPSA) is 62.0 Å². The van der Waals surface area contributed by atoms with Crippen molar-refractivity contribution in [3.8, 4) is 0 Å². The molecular weight excluding hydrogens is 288 g/mol. The number of carbonyl (C=O) groups is 1. The first-order chi connectivity index (χ1) is 11.0. The zero-order chi connectivity index (χ0) is 16.8. The minimum absolute atomic E-state index is 0.00822. The molecule has 2 aromatic rings. The van der Waals surface area contributed by atoms with Gasteiger partial charge in [0, 0.05) is 24.0 Å². The molecule has 0 aliphatic carbocycles. The van der Waals surface area contributed by atoms with Gasteiger partial charge in [-0.1, -0.05) is 33.3 Å². The van der Waals surface area contributed by atoms with Gasteiger partial charge in [-0.2, -0.15) is 0 Å². The molecule has 0 radical (unpaired) electrons. The summed E-state index contributed by atoms with van der Waals surface area (Å²) >= 11 is 0. The quantitative estimate of drug-likeness (QED) is 0.768. The lowest BCUT2D eigenvalue weighted by Crippen LogP contribution is -2.25. The molecule has 2 N–H and O–H groups in total. The minimum atomic E-state index is -0.101. The average Bonchev–Trinajstić information content (AvgIpc) is 2.52. The number of nitrogens with one attached hydrogen (secondary N) is 2. The van der Waals surface area contributed by atoms with Gasteiger partial charge in [-0.15, -0.1) is 0 Å². The van der Waals surface area contributed by atoms with Gasteiger partial charge < -0.3 is 10.3 Å². The van der Waals surface area contributed by atoms with Crippen LogP contribution in [0.1, 0.15) is 57.1 Å². The maximum absolute atomic E-state index is 12.1. The van der Waals surface area contributed by atoms with Gasteiger partial charge in [0.05, 0.1) is 0 Å². The SMILES string of the molecule is CCCCNC(=O)CCc1cc2cc(C(C)C)ccc2[nH]c1=O. The number of aromatic amines is 1. The molecule has 0 aliphatic rings. The summed E-state index contributed by atoms with van der Waals surface area (Å²) in [5.74, 6) is 0.452. The summed E-state index contributed by atoms with van der Waals surface area (Å²) in [5.41, 5.74) is 2.66. The van der Waals surface area contributed by atoms with Crippen molar-refractivity contribution in [3.63, 3.8) is 0 Å². The molecule has 0 atom stereocenters. The van der Waals surface area contributed by atoms with Crippen molar-refractivity contribution in [2.75, 3.05) is 6.54 Å². The van der Waals surface area contributed by atoms with Gasteiger partial charge in [0.1, 0.15) is 0 Å². The fourth-order valence-corrected chi connectivity index (χ4v) is 2.56. The third kappa shape index (κ3) is 4.68. The summed E-state index contributed by atoms with van der Waals surface area (Å²) in [7, 11) is 0. The van der Waals surface area contributed by atoms with Crippen LogP contribution in [0.25, 0.3) is 10.9 Å². The molecule has 0 aliphatic heterocycles. The lowest BCUT2D eigenvalue weighted by Gasteiger charge is -2.08.